The second-order valence-electron chi connectivity index (χ2n) is 7.92. The van der Waals surface area contributed by atoms with E-state index in [9.17, 15) is 14.4 Å². The van der Waals surface area contributed by atoms with Crippen LogP contribution in [0.15, 0.2) is 24.3 Å². The number of hydrogen-bond donors (Lipinski definition) is 3. The maximum absolute atomic E-state index is 10.6. The number of carbonyl (C=O) groups is 3. The van der Waals surface area contributed by atoms with E-state index in [1.807, 2.05) is 0 Å². The highest BCUT2D eigenvalue weighted by atomic mass is 16.4. The average molecular weight is 405 g/mol. The number of aliphatic carboxylic acids is 1. The number of hydrogen-bond acceptors (Lipinski definition) is 4. The number of carboxylic acids is 1. The maximum Gasteiger partial charge on any atom is 0.303 e. The number of carboxylic acid groups (broad SMARTS) is 1. The van der Waals surface area contributed by atoms with Crippen molar-refractivity contribution in [2.75, 3.05) is 5.32 Å². The quantitative estimate of drug-likeness (QED) is 0.626. The minimum absolute atomic E-state index is 0.117. The maximum atomic E-state index is 10.6. The molecule has 0 aliphatic heterocycles. The molecule has 0 aromatic heterocycles. The van der Waals surface area contributed by atoms with Crippen molar-refractivity contribution in [3.05, 3.63) is 29.8 Å². The number of benzene rings is 1. The summed E-state index contributed by atoms with van der Waals surface area (Å²) in [4.78, 5) is 31.1. The number of aldehydes is 1. The van der Waals surface area contributed by atoms with Gasteiger partial charge in [-0.1, -0.05) is 38.5 Å². The number of anilines is 1. The standard InChI is InChI=1S/C9H9NO2.C8H14O2.C6H13N/c1-7(12)10-9-4-2-8(6-11)3-5-9;9-8(10)6-7-4-2-1-3-5-7;7-6-4-2-1-3-5-6/h2-6H,1H3,(H,10,12);7H,1-6H2,(H,9,10);6H,1-5,7H2. The van der Waals surface area contributed by atoms with Crippen molar-refractivity contribution < 1.29 is 19.5 Å². The van der Waals surface area contributed by atoms with Gasteiger partial charge < -0.3 is 16.2 Å². The van der Waals surface area contributed by atoms with Crippen molar-refractivity contribution in [2.45, 2.75) is 83.6 Å². The predicted molar refractivity (Wildman–Crippen MR) is 116 cm³/mol. The average Bonchev–Trinajstić information content (AvgIpc) is 2.70. The first kappa shape index (κ1) is 24.8. The van der Waals surface area contributed by atoms with Crippen LogP contribution in [0.1, 0.15) is 87.9 Å². The van der Waals surface area contributed by atoms with E-state index in [-0.39, 0.29) is 5.91 Å². The third kappa shape index (κ3) is 12.8. The molecule has 0 bridgehead atoms. The van der Waals surface area contributed by atoms with E-state index < -0.39 is 5.97 Å². The smallest absolute Gasteiger partial charge is 0.303 e. The topological polar surface area (TPSA) is 109 Å². The summed E-state index contributed by atoms with van der Waals surface area (Å²) >= 11 is 0. The number of nitrogens with one attached hydrogen (secondary N) is 1. The van der Waals surface area contributed by atoms with Gasteiger partial charge in [-0.2, -0.15) is 0 Å². The van der Waals surface area contributed by atoms with Gasteiger partial charge in [-0.3, -0.25) is 14.4 Å². The highest BCUT2D eigenvalue weighted by Crippen LogP contribution is 2.25. The Bertz CT molecular complexity index is 604. The van der Waals surface area contributed by atoms with Gasteiger partial charge in [0.1, 0.15) is 6.29 Å². The van der Waals surface area contributed by atoms with Crippen LogP contribution in [0.4, 0.5) is 5.69 Å². The lowest BCUT2D eigenvalue weighted by molar-refractivity contribution is -0.138. The Labute approximate surface area is 174 Å². The van der Waals surface area contributed by atoms with E-state index in [0.717, 1.165) is 19.1 Å². The van der Waals surface area contributed by atoms with Gasteiger partial charge in [0.15, 0.2) is 0 Å². The zero-order chi connectivity index (χ0) is 21.5. The Morgan fingerprint density at radius 1 is 1.00 bits per heavy atom. The van der Waals surface area contributed by atoms with Crippen LogP contribution in [0.25, 0.3) is 0 Å². The molecule has 2 saturated carbocycles. The van der Waals surface area contributed by atoms with Crippen molar-refractivity contribution in [2.24, 2.45) is 11.7 Å². The Morgan fingerprint density at radius 3 is 1.90 bits per heavy atom. The summed E-state index contributed by atoms with van der Waals surface area (Å²) in [7, 11) is 0. The third-order valence-electron chi connectivity index (χ3n) is 5.21. The van der Waals surface area contributed by atoms with Gasteiger partial charge in [-0.15, -0.1) is 0 Å². The van der Waals surface area contributed by atoms with Crippen molar-refractivity contribution in [3.8, 4) is 0 Å². The fraction of sp³-hybridized carbons (Fsp3) is 0.609. The van der Waals surface area contributed by atoms with Crippen molar-refractivity contribution in [3.63, 3.8) is 0 Å². The molecule has 1 amide bonds. The molecule has 0 atom stereocenters. The Hall–Kier alpha value is -2.21. The number of rotatable bonds is 4. The van der Waals surface area contributed by atoms with Gasteiger partial charge in [0.2, 0.25) is 5.91 Å². The Morgan fingerprint density at radius 2 is 1.52 bits per heavy atom. The highest BCUT2D eigenvalue weighted by molar-refractivity contribution is 5.89. The van der Waals surface area contributed by atoms with Gasteiger partial charge in [0, 0.05) is 30.6 Å². The Kier molecular flexibility index (Phi) is 12.6. The SMILES string of the molecule is CC(=O)Nc1ccc(C=O)cc1.NC1CCCCC1.O=C(O)CC1CCCCC1. The van der Waals surface area contributed by atoms with E-state index in [2.05, 4.69) is 5.32 Å². The van der Waals surface area contributed by atoms with Crippen LogP contribution < -0.4 is 11.1 Å². The minimum Gasteiger partial charge on any atom is -0.481 e. The molecule has 0 unspecified atom stereocenters. The fourth-order valence-corrected chi connectivity index (χ4v) is 3.62. The summed E-state index contributed by atoms with van der Waals surface area (Å²) in [6, 6.07) is 7.21. The zero-order valence-electron chi connectivity index (χ0n) is 17.6. The van der Waals surface area contributed by atoms with Crippen LogP contribution in [0.2, 0.25) is 0 Å². The summed E-state index contributed by atoms with van der Waals surface area (Å²) in [6.45, 7) is 1.44. The van der Waals surface area contributed by atoms with Crippen LogP contribution in [0, 0.1) is 5.92 Å². The number of carbonyl (C=O) groups excluding carboxylic acids is 2. The predicted octanol–water partition coefficient (Wildman–Crippen LogP) is 4.78. The largest absolute Gasteiger partial charge is 0.481 e. The summed E-state index contributed by atoms with van der Waals surface area (Å²) in [6.07, 6.45) is 13.8. The number of amides is 1. The van der Waals surface area contributed by atoms with Gasteiger partial charge in [0.25, 0.3) is 0 Å². The molecule has 2 aliphatic rings. The van der Waals surface area contributed by atoms with E-state index in [1.54, 1.807) is 24.3 Å². The second-order valence-corrected chi connectivity index (χ2v) is 7.92. The summed E-state index contributed by atoms with van der Waals surface area (Å²) < 4.78 is 0. The zero-order valence-corrected chi connectivity index (χ0v) is 17.6. The molecule has 1 aromatic carbocycles. The molecule has 6 heteroatoms. The molecule has 2 aliphatic carbocycles. The van der Waals surface area contributed by atoms with Crippen molar-refractivity contribution in [1.29, 1.82) is 0 Å². The van der Waals surface area contributed by atoms with Crippen molar-refractivity contribution in [1.82, 2.24) is 0 Å². The van der Waals surface area contributed by atoms with E-state index >= 15 is 0 Å². The van der Waals surface area contributed by atoms with E-state index in [1.165, 1.54) is 58.3 Å². The monoisotopic (exact) mass is 404 g/mol. The molecule has 0 saturated heterocycles. The molecule has 0 radical (unpaired) electrons. The first-order valence-electron chi connectivity index (χ1n) is 10.7. The van der Waals surface area contributed by atoms with E-state index in [0.29, 0.717) is 29.6 Å². The van der Waals surface area contributed by atoms with Crippen LogP contribution in [0.3, 0.4) is 0 Å². The van der Waals surface area contributed by atoms with Gasteiger partial charge in [-0.05, 0) is 55.9 Å². The first-order chi connectivity index (χ1) is 13.9. The molecule has 1 aromatic rings. The molecular formula is C23H36N2O4. The molecule has 2 fully saturated rings. The number of nitrogens with two attached hydrogens (primary N) is 1. The molecule has 3 rings (SSSR count). The Balaban J connectivity index is 0.000000225. The van der Waals surface area contributed by atoms with Crippen LogP contribution in [-0.2, 0) is 9.59 Å². The molecule has 0 spiro atoms. The summed E-state index contributed by atoms with van der Waals surface area (Å²) in [5.41, 5.74) is 6.94. The van der Waals surface area contributed by atoms with E-state index in [4.69, 9.17) is 10.8 Å². The minimum atomic E-state index is -0.632. The molecule has 6 nitrogen and oxygen atoms in total. The molecule has 4 N–H and O–H groups in total. The highest BCUT2D eigenvalue weighted by Gasteiger charge is 2.15. The first-order valence-corrected chi connectivity index (χ1v) is 10.7. The second kappa shape index (κ2) is 14.7. The normalized spacial score (nSPS) is 17.0. The fourth-order valence-electron chi connectivity index (χ4n) is 3.62. The molecular weight excluding hydrogens is 368 g/mol. The van der Waals surface area contributed by atoms with Gasteiger partial charge >= 0.3 is 5.97 Å². The van der Waals surface area contributed by atoms with Crippen LogP contribution in [0.5, 0.6) is 0 Å². The summed E-state index contributed by atoms with van der Waals surface area (Å²) in [5, 5.41) is 11.1. The van der Waals surface area contributed by atoms with Crippen molar-refractivity contribution >= 4 is 23.9 Å². The third-order valence-corrected chi connectivity index (χ3v) is 5.21. The van der Waals surface area contributed by atoms with Gasteiger partial charge in [0.05, 0.1) is 0 Å². The molecule has 29 heavy (non-hydrogen) atoms. The lowest BCUT2D eigenvalue weighted by Gasteiger charge is -2.18. The lowest BCUT2D eigenvalue weighted by atomic mass is 9.87. The molecule has 0 heterocycles. The van der Waals surface area contributed by atoms with Crippen LogP contribution >= 0.6 is 0 Å². The lowest BCUT2D eigenvalue weighted by Crippen LogP contribution is -2.22. The molecule has 162 valence electrons. The van der Waals surface area contributed by atoms with Crippen LogP contribution in [-0.4, -0.2) is 29.3 Å². The van der Waals surface area contributed by atoms with Gasteiger partial charge in [-0.25, -0.2) is 0 Å². The summed E-state index contributed by atoms with van der Waals surface area (Å²) in [5.74, 6) is -0.271.